The maximum Gasteiger partial charge on any atom is 0.339 e. The van der Waals surface area contributed by atoms with Crippen LogP contribution in [0.25, 0.3) is 0 Å². The van der Waals surface area contributed by atoms with E-state index < -0.39 is 17.5 Å². The molecule has 1 aliphatic heterocycles. The molecular formula is C12H16O5S. The van der Waals surface area contributed by atoms with E-state index >= 15 is 0 Å². The Morgan fingerprint density at radius 2 is 2.50 bits per heavy atom. The van der Waals surface area contributed by atoms with Crippen LogP contribution in [0.3, 0.4) is 0 Å². The van der Waals surface area contributed by atoms with Gasteiger partial charge in [-0.25, -0.2) is 4.79 Å². The minimum atomic E-state index is -1.65. The SMILES string of the molecule is CCOC(=O)[C@]1(O)CS[C@H](c2ccco2)[C@H]1CO. The summed E-state index contributed by atoms with van der Waals surface area (Å²) in [4.78, 5) is 11.8. The second-order valence-corrected chi connectivity index (χ2v) is 5.31. The van der Waals surface area contributed by atoms with Gasteiger partial charge in [-0.05, 0) is 19.1 Å². The molecule has 0 unspecified atom stereocenters. The van der Waals surface area contributed by atoms with Crippen LogP contribution in [-0.4, -0.2) is 40.8 Å². The van der Waals surface area contributed by atoms with E-state index in [1.54, 1.807) is 19.1 Å². The molecule has 3 atom stereocenters. The van der Waals surface area contributed by atoms with Crippen molar-refractivity contribution in [3.05, 3.63) is 24.2 Å². The van der Waals surface area contributed by atoms with Gasteiger partial charge in [-0.15, -0.1) is 11.8 Å². The van der Waals surface area contributed by atoms with Gasteiger partial charge in [0.1, 0.15) is 5.76 Å². The van der Waals surface area contributed by atoms with Crippen LogP contribution in [0.1, 0.15) is 17.9 Å². The van der Waals surface area contributed by atoms with Gasteiger partial charge in [0.15, 0.2) is 5.60 Å². The van der Waals surface area contributed by atoms with E-state index in [1.165, 1.54) is 18.0 Å². The van der Waals surface area contributed by atoms with E-state index in [0.29, 0.717) is 5.76 Å². The van der Waals surface area contributed by atoms with Crippen molar-refractivity contribution in [3.63, 3.8) is 0 Å². The monoisotopic (exact) mass is 272 g/mol. The lowest BCUT2D eigenvalue weighted by atomic mass is 9.86. The molecule has 1 fully saturated rings. The summed E-state index contributed by atoms with van der Waals surface area (Å²) in [6, 6.07) is 3.52. The van der Waals surface area contributed by atoms with Gasteiger partial charge in [-0.2, -0.15) is 0 Å². The summed E-state index contributed by atoms with van der Waals surface area (Å²) in [6.07, 6.45) is 1.53. The van der Waals surface area contributed by atoms with E-state index in [2.05, 4.69) is 0 Å². The van der Waals surface area contributed by atoms with E-state index in [0.717, 1.165) is 0 Å². The number of hydrogen-bond donors (Lipinski definition) is 2. The van der Waals surface area contributed by atoms with Crippen LogP contribution in [0.15, 0.2) is 22.8 Å². The van der Waals surface area contributed by atoms with Gasteiger partial charge in [0, 0.05) is 11.7 Å². The van der Waals surface area contributed by atoms with Crippen molar-refractivity contribution in [2.24, 2.45) is 5.92 Å². The first-order valence-corrected chi connectivity index (χ1v) is 6.83. The Labute approximate surface area is 109 Å². The summed E-state index contributed by atoms with van der Waals surface area (Å²) < 4.78 is 10.2. The molecule has 2 rings (SSSR count). The van der Waals surface area contributed by atoms with E-state index in [1.807, 2.05) is 0 Å². The number of esters is 1. The third kappa shape index (κ3) is 2.15. The highest BCUT2D eigenvalue weighted by Gasteiger charge is 2.55. The number of hydrogen-bond acceptors (Lipinski definition) is 6. The molecule has 6 heteroatoms. The average Bonchev–Trinajstić information content (AvgIpc) is 2.96. The highest BCUT2D eigenvalue weighted by Crippen LogP contribution is 2.50. The van der Waals surface area contributed by atoms with Gasteiger partial charge in [-0.1, -0.05) is 0 Å². The lowest BCUT2D eigenvalue weighted by Gasteiger charge is -2.27. The van der Waals surface area contributed by atoms with Gasteiger partial charge in [-0.3, -0.25) is 0 Å². The Hall–Kier alpha value is -0.980. The number of aliphatic hydroxyl groups is 2. The zero-order valence-corrected chi connectivity index (χ0v) is 10.9. The van der Waals surface area contributed by atoms with Crippen molar-refractivity contribution in [1.29, 1.82) is 0 Å². The Balaban J connectivity index is 2.22. The lowest BCUT2D eigenvalue weighted by molar-refractivity contribution is -0.169. The molecule has 0 amide bonds. The summed E-state index contributed by atoms with van der Waals surface area (Å²) in [5, 5.41) is 19.7. The second-order valence-electron chi connectivity index (χ2n) is 4.18. The number of thioether (sulfide) groups is 1. The summed E-state index contributed by atoms with van der Waals surface area (Å²) in [5.41, 5.74) is -1.65. The molecule has 0 bridgehead atoms. The fourth-order valence-electron chi connectivity index (χ4n) is 2.14. The van der Waals surface area contributed by atoms with Crippen LogP contribution >= 0.6 is 11.8 Å². The fraction of sp³-hybridized carbons (Fsp3) is 0.583. The Bertz CT molecular complexity index is 405. The molecule has 18 heavy (non-hydrogen) atoms. The maximum atomic E-state index is 11.8. The number of aliphatic hydroxyl groups excluding tert-OH is 1. The first-order chi connectivity index (χ1) is 8.63. The Morgan fingerprint density at radius 1 is 1.72 bits per heavy atom. The molecule has 0 aromatic carbocycles. The zero-order chi connectivity index (χ0) is 13.2. The Morgan fingerprint density at radius 3 is 3.06 bits per heavy atom. The molecule has 1 aliphatic rings. The van der Waals surface area contributed by atoms with Crippen molar-refractivity contribution < 1.29 is 24.2 Å². The molecule has 2 heterocycles. The molecule has 0 radical (unpaired) electrons. The second kappa shape index (κ2) is 5.34. The molecule has 0 saturated carbocycles. The predicted octanol–water partition coefficient (Wildman–Crippen LogP) is 0.970. The van der Waals surface area contributed by atoms with Crippen LogP contribution < -0.4 is 0 Å². The lowest BCUT2D eigenvalue weighted by Crippen LogP contribution is -2.48. The van der Waals surface area contributed by atoms with Crippen molar-refractivity contribution in [1.82, 2.24) is 0 Å². The van der Waals surface area contributed by atoms with Gasteiger partial charge in [0.25, 0.3) is 0 Å². The molecule has 0 spiro atoms. The predicted molar refractivity (Wildman–Crippen MR) is 66.1 cm³/mol. The van der Waals surface area contributed by atoms with Gasteiger partial charge in [0.2, 0.25) is 0 Å². The molecule has 5 nitrogen and oxygen atoms in total. The Kier molecular flexibility index (Phi) is 3.99. The van der Waals surface area contributed by atoms with Gasteiger partial charge < -0.3 is 19.4 Å². The fourth-order valence-corrected chi connectivity index (χ4v) is 3.74. The van der Waals surface area contributed by atoms with Crippen molar-refractivity contribution >= 4 is 17.7 Å². The normalized spacial score (nSPS) is 31.5. The molecule has 1 aromatic rings. The first kappa shape index (κ1) is 13.5. The van der Waals surface area contributed by atoms with E-state index in [9.17, 15) is 15.0 Å². The van der Waals surface area contributed by atoms with E-state index in [-0.39, 0.29) is 24.2 Å². The number of furan rings is 1. The third-order valence-corrected chi connectivity index (χ3v) is 4.64. The maximum absolute atomic E-state index is 11.8. The molecule has 0 aliphatic carbocycles. The summed E-state index contributed by atoms with van der Waals surface area (Å²) in [6.45, 7) is 1.59. The van der Waals surface area contributed by atoms with Crippen LogP contribution in [0.5, 0.6) is 0 Å². The van der Waals surface area contributed by atoms with Crippen molar-refractivity contribution in [3.8, 4) is 0 Å². The van der Waals surface area contributed by atoms with Gasteiger partial charge >= 0.3 is 5.97 Å². The summed E-state index contributed by atoms with van der Waals surface area (Å²) in [7, 11) is 0. The first-order valence-electron chi connectivity index (χ1n) is 5.79. The molecule has 2 N–H and O–H groups in total. The third-order valence-electron chi connectivity index (χ3n) is 3.11. The van der Waals surface area contributed by atoms with Crippen LogP contribution in [0.2, 0.25) is 0 Å². The van der Waals surface area contributed by atoms with Crippen LogP contribution in [0, 0.1) is 5.92 Å². The quantitative estimate of drug-likeness (QED) is 0.795. The largest absolute Gasteiger partial charge is 0.468 e. The molecule has 100 valence electrons. The highest BCUT2D eigenvalue weighted by atomic mass is 32.2. The number of carbonyl (C=O) groups is 1. The topological polar surface area (TPSA) is 79.9 Å². The molecular weight excluding hydrogens is 256 g/mol. The van der Waals surface area contributed by atoms with Crippen LogP contribution in [-0.2, 0) is 9.53 Å². The zero-order valence-electron chi connectivity index (χ0n) is 10.0. The minimum Gasteiger partial charge on any atom is -0.468 e. The van der Waals surface area contributed by atoms with Gasteiger partial charge in [0.05, 0.1) is 24.7 Å². The van der Waals surface area contributed by atoms with Crippen molar-refractivity contribution in [2.75, 3.05) is 19.0 Å². The molecule has 1 aromatic heterocycles. The summed E-state index contributed by atoms with van der Waals surface area (Å²) >= 11 is 1.39. The number of ether oxygens (including phenoxy) is 1. The molecule has 1 saturated heterocycles. The van der Waals surface area contributed by atoms with E-state index in [4.69, 9.17) is 9.15 Å². The minimum absolute atomic E-state index is 0.197. The van der Waals surface area contributed by atoms with Crippen LogP contribution in [0.4, 0.5) is 0 Å². The smallest absolute Gasteiger partial charge is 0.339 e. The standard InChI is InChI=1S/C12H16O5S/c1-2-16-11(14)12(15)7-18-10(8(12)6-13)9-4-3-5-17-9/h3-5,8,10,13,15H,2,6-7H2,1H3/t8-,10+,12+/m1/s1. The average molecular weight is 272 g/mol. The number of carbonyl (C=O) groups excluding carboxylic acids is 1. The number of rotatable bonds is 4. The highest BCUT2D eigenvalue weighted by molar-refractivity contribution is 7.99. The summed E-state index contributed by atoms with van der Waals surface area (Å²) in [5.74, 6) is -0.444. The van der Waals surface area contributed by atoms with Crippen molar-refractivity contribution in [2.45, 2.75) is 17.8 Å².